The van der Waals surface area contributed by atoms with Crippen molar-refractivity contribution in [1.82, 2.24) is 20.4 Å². The van der Waals surface area contributed by atoms with Crippen LogP contribution in [-0.2, 0) is 14.4 Å². The standard InChI is InChI=1S/C28H41N5O4/c1-18(2)15-22(30-27(36)20-5-7-21(8-6-20)31(3)4)28(37)32-14-11-23-26(32)24(34)17-33(23)25(35)16-19-9-12-29-13-10-19/h5-8,18-19,22-23,26,29H,9-17H2,1-4H3,(H,30,36)/t22-,23?,26-/m0/s1. The number of nitrogens with one attached hydrogen (secondary N) is 2. The number of carbonyl (C=O) groups is 4. The van der Waals surface area contributed by atoms with Crippen LogP contribution in [0.15, 0.2) is 24.3 Å². The summed E-state index contributed by atoms with van der Waals surface area (Å²) in [6.07, 6.45) is 3.47. The van der Waals surface area contributed by atoms with Gasteiger partial charge in [0.25, 0.3) is 5.91 Å². The highest BCUT2D eigenvalue weighted by Crippen LogP contribution is 2.32. The number of rotatable bonds is 8. The molecule has 37 heavy (non-hydrogen) atoms. The lowest BCUT2D eigenvalue weighted by Gasteiger charge is -2.29. The third-order valence-electron chi connectivity index (χ3n) is 7.90. The zero-order valence-corrected chi connectivity index (χ0v) is 22.5. The average molecular weight is 512 g/mol. The molecule has 3 aliphatic rings. The molecule has 3 atom stereocenters. The Morgan fingerprint density at radius 1 is 1.05 bits per heavy atom. The molecule has 0 saturated carbocycles. The second-order valence-electron chi connectivity index (χ2n) is 11.3. The van der Waals surface area contributed by atoms with Gasteiger partial charge in [0.05, 0.1) is 12.6 Å². The van der Waals surface area contributed by atoms with Crippen LogP contribution in [-0.4, -0.2) is 91.7 Å². The SMILES string of the molecule is CC(C)C[C@H](NC(=O)c1ccc(N(C)C)cc1)C(=O)N1CCC2[C@H]1C(=O)CN2C(=O)CC1CCNCC1. The minimum Gasteiger partial charge on any atom is -0.378 e. The van der Waals surface area contributed by atoms with E-state index in [9.17, 15) is 19.2 Å². The second kappa shape index (κ2) is 11.6. The highest BCUT2D eigenvalue weighted by atomic mass is 16.2. The molecule has 9 nitrogen and oxygen atoms in total. The van der Waals surface area contributed by atoms with E-state index in [-0.39, 0.29) is 42.0 Å². The summed E-state index contributed by atoms with van der Waals surface area (Å²) in [5.74, 6) is -0.0822. The summed E-state index contributed by atoms with van der Waals surface area (Å²) in [7, 11) is 3.87. The molecular formula is C28H41N5O4. The topological polar surface area (TPSA) is 102 Å². The van der Waals surface area contributed by atoms with Crippen molar-refractivity contribution in [3.8, 4) is 0 Å². The molecule has 3 heterocycles. The number of anilines is 1. The van der Waals surface area contributed by atoms with Crippen molar-refractivity contribution in [2.45, 2.75) is 64.1 Å². The molecule has 0 spiro atoms. The van der Waals surface area contributed by atoms with Crippen molar-refractivity contribution in [3.63, 3.8) is 0 Å². The number of piperidine rings is 1. The van der Waals surface area contributed by atoms with Crippen LogP contribution < -0.4 is 15.5 Å². The van der Waals surface area contributed by atoms with Gasteiger partial charge in [-0.15, -0.1) is 0 Å². The van der Waals surface area contributed by atoms with E-state index >= 15 is 0 Å². The first-order valence-corrected chi connectivity index (χ1v) is 13.6. The third kappa shape index (κ3) is 6.14. The van der Waals surface area contributed by atoms with Gasteiger partial charge in [-0.2, -0.15) is 0 Å². The average Bonchev–Trinajstić information content (AvgIpc) is 3.45. The molecule has 0 aliphatic carbocycles. The lowest BCUT2D eigenvalue weighted by Crippen LogP contribution is -2.53. The van der Waals surface area contributed by atoms with E-state index in [4.69, 9.17) is 0 Å². The number of Topliss-reactive ketones (excluding diaryl/α,β-unsaturated/α-hetero) is 1. The number of fused-ring (bicyclic) bond motifs is 1. The van der Waals surface area contributed by atoms with Crippen LogP contribution in [0, 0.1) is 11.8 Å². The third-order valence-corrected chi connectivity index (χ3v) is 7.90. The summed E-state index contributed by atoms with van der Waals surface area (Å²) in [6.45, 7) is 6.35. The molecule has 9 heteroatoms. The summed E-state index contributed by atoms with van der Waals surface area (Å²) in [5, 5.41) is 6.25. The van der Waals surface area contributed by atoms with Gasteiger partial charge in [0.1, 0.15) is 12.1 Å². The molecule has 2 N–H and O–H groups in total. The molecule has 0 aromatic heterocycles. The van der Waals surface area contributed by atoms with Crippen LogP contribution >= 0.6 is 0 Å². The van der Waals surface area contributed by atoms with E-state index in [1.54, 1.807) is 21.9 Å². The highest BCUT2D eigenvalue weighted by molar-refractivity contribution is 6.01. The first-order chi connectivity index (χ1) is 17.7. The molecule has 1 aromatic carbocycles. The maximum atomic E-state index is 13.7. The summed E-state index contributed by atoms with van der Waals surface area (Å²) < 4.78 is 0. The Morgan fingerprint density at radius 2 is 1.73 bits per heavy atom. The van der Waals surface area contributed by atoms with E-state index in [0.717, 1.165) is 31.6 Å². The Kier molecular flexibility index (Phi) is 8.52. The molecular weight excluding hydrogens is 470 g/mol. The lowest BCUT2D eigenvalue weighted by molar-refractivity contribution is -0.138. The van der Waals surface area contributed by atoms with Gasteiger partial charge in [0.15, 0.2) is 5.78 Å². The minimum atomic E-state index is -0.730. The molecule has 0 bridgehead atoms. The van der Waals surface area contributed by atoms with Crippen molar-refractivity contribution in [3.05, 3.63) is 29.8 Å². The largest absolute Gasteiger partial charge is 0.378 e. The van der Waals surface area contributed by atoms with Crippen LogP contribution in [0.3, 0.4) is 0 Å². The Labute approximate surface area is 219 Å². The number of nitrogens with zero attached hydrogens (tertiary/aromatic N) is 3. The minimum absolute atomic E-state index is 0.0234. The van der Waals surface area contributed by atoms with Crippen molar-refractivity contribution in [2.24, 2.45) is 11.8 Å². The molecule has 202 valence electrons. The number of hydrogen-bond donors (Lipinski definition) is 2. The highest BCUT2D eigenvalue weighted by Gasteiger charge is 2.52. The Morgan fingerprint density at radius 3 is 2.35 bits per heavy atom. The maximum Gasteiger partial charge on any atom is 0.251 e. The Balaban J connectivity index is 1.43. The van der Waals surface area contributed by atoms with Gasteiger partial charge in [0.2, 0.25) is 11.8 Å². The van der Waals surface area contributed by atoms with E-state index in [2.05, 4.69) is 10.6 Å². The first-order valence-electron chi connectivity index (χ1n) is 13.6. The number of likely N-dealkylation sites (tertiary alicyclic amines) is 2. The number of carbonyl (C=O) groups excluding carboxylic acids is 4. The molecule has 3 saturated heterocycles. The zero-order valence-electron chi connectivity index (χ0n) is 22.5. The van der Waals surface area contributed by atoms with Gasteiger partial charge in [-0.1, -0.05) is 13.8 Å². The molecule has 1 unspecified atom stereocenters. The fraction of sp³-hybridized carbons (Fsp3) is 0.643. The quantitative estimate of drug-likeness (QED) is 0.551. The fourth-order valence-corrected chi connectivity index (χ4v) is 5.89. The predicted octanol–water partition coefficient (Wildman–Crippen LogP) is 1.67. The van der Waals surface area contributed by atoms with Crippen LogP contribution in [0.1, 0.15) is 56.3 Å². The van der Waals surface area contributed by atoms with E-state index in [1.165, 1.54) is 0 Å². The zero-order chi connectivity index (χ0) is 26.7. The van der Waals surface area contributed by atoms with Crippen molar-refractivity contribution in [1.29, 1.82) is 0 Å². The van der Waals surface area contributed by atoms with Crippen LogP contribution in [0.2, 0.25) is 0 Å². The van der Waals surface area contributed by atoms with Gasteiger partial charge in [0, 0.05) is 38.3 Å². The van der Waals surface area contributed by atoms with E-state index in [0.29, 0.717) is 37.3 Å². The van der Waals surface area contributed by atoms with Gasteiger partial charge in [-0.05, 0) is 74.9 Å². The number of ketones is 1. The second-order valence-corrected chi connectivity index (χ2v) is 11.3. The predicted molar refractivity (Wildman–Crippen MR) is 142 cm³/mol. The van der Waals surface area contributed by atoms with Gasteiger partial charge >= 0.3 is 0 Å². The van der Waals surface area contributed by atoms with Gasteiger partial charge in [-0.3, -0.25) is 19.2 Å². The van der Waals surface area contributed by atoms with Crippen LogP contribution in [0.5, 0.6) is 0 Å². The number of hydrogen-bond acceptors (Lipinski definition) is 6. The van der Waals surface area contributed by atoms with E-state index in [1.807, 2.05) is 45.0 Å². The number of amides is 3. The normalized spacial score (nSPS) is 22.8. The molecule has 3 fully saturated rings. The van der Waals surface area contributed by atoms with Crippen molar-refractivity contribution in [2.75, 3.05) is 45.2 Å². The lowest BCUT2D eigenvalue weighted by atomic mass is 9.94. The first kappa shape index (κ1) is 27.1. The maximum absolute atomic E-state index is 13.7. The Hall–Kier alpha value is -2.94. The summed E-state index contributed by atoms with van der Waals surface area (Å²) in [6, 6.07) is 5.62. The molecule has 0 radical (unpaired) electrons. The van der Waals surface area contributed by atoms with Gasteiger partial charge in [-0.25, -0.2) is 0 Å². The molecule has 1 aromatic rings. The summed E-state index contributed by atoms with van der Waals surface area (Å²) >= 11 is 0. The van der Waals surface area contributed by atoms with Gasteiger partial charge < -0.3 is 25.3 Å². The van der Waals surface area contributed by atoms with Crippen molar-refractivity contribution >= 4 is 29.2 Å². The summed E-state index contributed by atoms with van der Waals surface area (Å²) in [4.78, 5) is 58.2. The van der Waals surface area contributed by atoms with Crippen molar-refractivity contribution < 1.29 is 19.2 Å². The monoisotopic (exact) mass is 511 g/mol. The summed E-state index contributed by atoms with van der Waals surface area (Å²) in [5.41, 5.74) is 1.46. The Bertz CT molecular complexity index is 1000. The van der Waals surface area contributed by atoms with Crippen LogP contribution in [0.25, 0.3) is 0 Å². The molecule has 3 aliphatic heterocycles. The smallest absolute Gasteiger partial charge is 0.251 e. The molecule has 4 rings (SSSR count). The van der Waals surface area contributed by atoms with Crippen LogP contribution in [0.4, 0.5) is 5.69 Å². The van der Waals surface area contributed by atoms with E-state index < -0.39 is 12.1 Å². The number of benzene rings is 1. The fourth-order valence-electron chi connectivity index (χ4n) is 5.89. The molecule has 3 amide bonds.